The Labute approximate surface area is 97.9 Å². The Balaban J connectivity index is 2.31. The van der Waals surface area contributed by atoms with Crippen LogP contribution in [-0.2, 0) is 14.6 Å². The monoisotopic (exact) mass is 250 g/mol. The normalized spacial score (nSPS) is 25.8. The number of rotatable bonds is 7. The molecule has 0 amide bonds. The first-order chi connectivity index (χ1) is 7.59. The van der Waals surface area contributed by atoms with E-state index in [9.17, 15) is 13.5 Å². The van der Waals surface area contributed by atoms with Crippen molar-refractivity contribution in [3.63, 3.8) is 0 Å². The lowest BCUT2D eigenvalue weighted by Crippen LogP contribution is -2.21. The van der Waals surface area contributed by atoms with Gasteiger partial charge in [-0.3, -0.25) is 0 Å². The molecule has 1 saturated heterocycles. The first kappa shape index (κ1) is 13.9. The minimum Gasteiger partial charge on any atom is -0.396 e. The van der Waals surface area contributed by atoms with Crippen LogP contribution in [0.2, 0.25) is 0 Å². The third-order valence-electron chi connectivity index (χ3n) is 3.15. The predicted octanol–water partition coefficient (Wildman–Crippen LogP) is 0.846. The van der Waals surface area contributed by atoms with Gasteiger partial charge in [0.2, 0.25) is 0 Å². The zero-order valence-corrected chi connectivity index (χ0v) is 10.7. The zero-order chi connectivity index (χ0) is 12.0. The quantitative estimate of drug-likeness (QED) is 0.680. The summed E-state index contributed by atoms with van der Waals surface area (Å²) in [7, 11) is -2.84. The van der Waals surface area contributed by atoms with Crippen molar-refractivity contribution < 1.29 is 18.3 Å². The van der Waals surface area contributed by atoms with Crippen LogP contribution in [-0.4, -0.2) is 44.9 Å². The molecule has 0 aromatic rings. The molecule has 2 atom stereocenters. The van der Waals surface area contributed by atoms with Crippen molar-refractivity contribution >= 4 is 9.84 Å². The molecule has 96 valence electrons. The van der Waals surface area contributed by atoms with E-state index in [-0.39, 0.29) is 29.9 Å². The van der Waals surface area contributed by atoms with E-state index in [1.807, 2.05) is 6.92 Å². The third-order valence-corrected chi connectivity index (χ3v) is 4.94. The SMILES string of the molecule is CCCOCCC(CO)C1CCS(=O)(=O)C1. The second-order valence-corrected chi connectivity index (χ2v) is 6.74. The van der Waals surface area contributed by atoms with Crippen LogP contribution in [0.25, 0.3) is 0 Å². The average molecular weight is 250 g/mol. The van der Waals surface area contributed by atoms with Crippen LogP contribution in [0.5, 0.6) is 0 Å². The number of hydrogen-bond acceptors (Lipinski definition) is 4. The molecule has 1 fully saturated rings. The van der Waals surface area contributed by atoms with Gasteiger partial charge in [0.15, 0.2) is 9.84 Å². The van der Waals surface area contributed by atoms with Gasteiger partial charge in [0.25, 0.3) is 0 Å². The average Bonchev–Trinajstić information content (AvgIpc) is 2.59. The van der Waals surface area contributed by atoms with E-state index in [2.05, 4.69) is 0 Å². The van der Waals surface area contributed by atoms with E-state index in [1.54, 1.807) is 0 Å². The van der Waals surface area contributed by atoms with Crippen molar-refractivity contribution in [2.24, 2.45) is 11.8 Å². The maximum atomic E-state index is 11.3. The lowest BCUT2D eigenvalue weighted by atomic mass is 9.90. The predicted molar refractivity (Wildman–Crippen MR) is 63.1 cm³/mol. The number of aliphatic hydroxyl groups excluding tert-OH is 1. The van der Waals surface area contributed by atoms with Gasteiger partial charge in [0.1, 0.15) is 0 Å². The fraction of sp³-hybridized carbons (Fsp3) is 1.00. The Morgan fingerprint density at radius 2 is 2.19 bits per heavy atom. The summed E-state index contributed by atoms with van der Waals surface area (Å²) in [6.45, 7) is 3.47. The molecule has 1 aliphatic heterocycles. The maximum absolute atomic E-state index is 11.3. The van der Waals surface area contributed by atoms with E-state index in [0.717, 1.165) is 19.4 Å². The number of hydrogen-bond donors (Lipinski definition) is 1. The van der Waals surface area contributed by atoms with Gasteiger partial charge >= 0.3 is 0 Å². The summed E-state index contributed by atoms with van der Waals surface area (Å²) in [5.74, 6) is 0.727. The molecule has 1 rings (SSSR count). The van der Waals surface area contributed by atoms with E-state index >= 15 is 0 Å². The molecule has 1 N–H and O–H groups in total. The van der Waals surface area contributed by atoms with E-state index < -0.39 is 9.84 Å². The first-order valence-corrected chi connectivity index (χ1v) is 7.80. The summed E-state index contributed by atoms with van der Waals surface area (Å²) < 4.78 is 28.0. The molecule has 0 spiro atoms. The van der Waals surface area contributed by atoms with Crippen molar-refractivity contribution in [2.75, 3.05) is 31.3 Å². The Morgan fingerprint density at radius 1 is 1.44 bits per heavy atom. The molecule has 0 aromatic heterocycles. The van der Waals surface area contributed by atoms with Crippen molar-refractivity contribution in [1.29, 1.82) is 0 Å². The van der Waals surface area contributed by atoms with Crippen LogP contribution in [0, 0.1) is 11.8 Å². The molecular weight excluding hydrogens is 228 g/mol. The Bertz CT molecular complexity index is 286. The van der Waals surface area contributed by atoms with Crippen LogP contribution >= 0.6 is 0 Å². The molecular formula is C11H22O4S. The summed E-state index contributed by atoms with van der Waals surface area (Å²) in [6, 6.07) is 0. The first-order valence-electron chi connectivity index (χ1n) is 5.98. The number of sulfone groups is 1. The Kier molecular flexibility index (Phi) is 5.72. The van der Waals surface area contributed by atoms with Crippen molar-refractivity contribution in [2.45, 2.75) is 26.2 Å². The second kappa shape index (κ2) is 6.57. The number of ether oxygens (including phenoxy) is 1. The van der Waals surface area contributed by atoms with Gasteiger partial charge in [-0.1, -0.05) is 6.92 Å². The van der Waals surface area contributed by atoms with Crippen molar-refractivity contribution in [3.8, 4) is 0 Å². The topological polar surface area (TPSA) is 63.6 Å². The molecule has 4 nitrogen and oxygen atoms in total. The van der Waals surface area contributed by atoms with Crippen LogP contribution in [0.15, 0.2) is 0 Å². The summed E-state index contributed by atoms with van der Waals surface area (Å²) in [5.41, 5.74) is 0. The zero-order valence-electron chi connectivity index (χ0n) is 9.89. The van der Waals surface area contributed by atoms with Crippen LogP contribution < -0.4 is 0 Å². The van der Waals surface area contributed by atoms with Gasteiger partial charge in [-0.15, -0.1) is 0 Å². The fourth-order valence-corrected chi connectivity index (χ4v) is 4.07. The maximum Gasteiger partial charge on any atom is 0.150 e. The van der Waals surface area contributed by atoms with Crippen molar-refractivity contribution in [3.05, 3.63) is 0 Å². The van der Waals surface area contributed by atoms with E-state index in [4.69, 9.17) is 4.74 Å². The summed E-state index contributed by atoms with van der Waals surface area (Å²) in [5, 5.41) is 9.26. The highest BCUT2D eigenvalue weighted by molar-refractivity contribution is 7.91. The molecule has 0 bridgehead atoms. The van der Waals surface area contributed by atoms with Gasteiger partial charge in [0, 0.05) is 19.8 Å². The second-order valence-electron chi connectivity index (χ2n) is 4.51. The van der Waals surface area contributed by atoms with Gasteiger partial charge in [-0.05, 0) is 31.1 Å². The van der Waals surface area contributed by atoms with Gasteiger partial charge in [-0.2, -0.15) is 0 Å². The number of aliphatic hydroxyl groups is 1. The minimum atomic E-state index is -2.84. The Hall–Kier alpha value is -0.130. The molecule has 5 heteroatoms. The highest BCUT2D eigenvalue weighted by Gasteiger charge is 2.32. The van der Waals surface area contributed by atoms with Crippen LogP contribution in [0.4, 0.5) is 0 Å². The van der Waals surface area contributed by atoms with Crippen LogP contribution in [0.1, 0.15) is 26.2 Å². The fourth-order valence-electron chi connectivity index (χ4n) is 2.15. The largest absolute Gasteiger partial charge is 0.396 e. The van der Waals surface area contributed by atoms with Gasteiger partial charge in [0.05, 0.1) is 11.5 Å². The van der Waals surface area contributed by atoms with Gasteiger partial charge < -0.3 is 9.84 Å². The van der Waals surface area contributed by atoms with Crippen LogP contribution in [0.3, 0.4) is 0 Å². The smallest absolute Gasteiger partial charge is 0.150 e. The molecule has 1 heterocycles. The van der Waals surface area contributed by atoms with Crippen molar-refractivity contribution in [1.82, 2.24) is 0 Å². The summed E-state index contributed by atoms with van der Waals surface area (Å²) >= 11 is 0. The minimum absolute atomic E-state index is 0.0652. The molecule has 2 unspecified atom stereocenters. The molecule has 0 radical (unpaired) electrons. The molecule has 16 heavy (non-hydrogen) atoms. The van der Waals surface area contributed by atoms with Gasteiger partial charge in [-0.25, -0.2) is 8.42 Å². The lowest BCUT2D eigenvalue weighted by Gasteiger charge is -2.19. The molecule has 0 aliphatic carbocycles. The lowest BCUT2D eigenvalue weighted by molar-refractivity contribution is 0.0922. The Morgan fingerprint density at radius 3 is 2.69 bits per heavy atom. The standard InChI is InChI=1S/C11H22O4S/c1-2-5-15-6-3-10(8-12)11-4-7-16(13,14)9-11/h10-12H,2-9H2,1H3. The van der Waals surface area contributed by atoms with E-state index in [0.29, 0.717) is 13.0 Å². The highest BCUT2D eigenvalue weighted by Crippen LogP contribution is 2.27. The molecule has 1 aliphatic rings. The van der Waals surface area contributed by atoms with E-state index in [1.165, 1.54) is 0 Å². The highest BCUT2D eigenvalue weighted by atomic mass is 32.2. The molecule has 0 saturated carbocycles. The molecule has 0 aromatic carbocycles. The third kappa shape index (κ3) is 4.39. The summed E-state index contributed by atoms with van der Waals surface area (Å²) in [4.78, 5) is 0. The summed E-state index contributed by atoms with van der Waals surface area (Å²) in [6.07, 6.45) is 2.44.